The van der Waals surface area contributed by atoms with Gasteiger partial charge < -0.3 is 4.74 Å². The summed E-state index contributed by atoms with van der Waals surface area (Å²) in [5.74, 6) is 0.642. The fourth-order valence-corrected chi connectivity index (χ4v) is 3.32. The quantitative estimate of drug-likeness (QED) is 0.319. The van der Waals surface area contributed by atoms with E-state index >= 15 is 0 Å². The third kappa shape index (κ3) is 7.26. The van der Waals surface area contributed by atoms with Crippen molar-refractivity contribution in [3.05, 3.63) is 54.1 Å². The van der Waals surface area contributed by atoms with Crippen LogP contribution in [-0.2, 0) is 6.42 Å². The Hall–Kier alpha value is -1.90. The largest absolute Gasteiger partial charge is 0.490 e. The molecule has 0 N–H and O–H groups in total. The minimum absolute atomic E-state index is 0.245. The van der Waals surface area contributed by atoms with Gasteiger partial charge in [0.15, 0.2) is 6.17 Å². The number of ether oxygens (including phenoxy) is 1. The van der Waals surface area contributed by atoms with Gasteiger partial charge in [0.2, 0.25) is 0 Å². The molecule has 2 aromatic carbocycles. The van der Waals surface area contributed by atoms with Gasteiger partial charge in [-0.2, -0.15) is 0 Å². The molecule has 0 spiro atoms. The zero-order valence-corrected chi connectivity index (χ0v) is 17.3. The van der Waals surface area contributed by atoms with E-state index in [2.05, 4.69) is 19.9 Å². The van der Waals surface area contributed by atoms with E-state index in [1.807, 2.05) is 42.5 Å². The number of hydrogen-bond acceptors (Lipinski definition) is 1. The van der Waals surface area contributed by atoms with Gasteiger partial charge in [0.25, 0.3) is 0 Å². The van der Waals surface area contributed by atoms with Crippen LogP contribution in [-0.4, -0.2) is 19.0 Å². The Balaban J connectivity index is 2.08. The average molecular weight is 389 g/mol. The monoisotopic (exact) mass is 388 g/mol. The Morgan fingerprint density at radius 1 is 0.821 bits per heavy atom. The third-order valence-electron chi connectivity index (χ3n) is 5.07. The summed E-state index contributed by atoms with van der Waals surface area (Å²) in [4.78, 5) is 0. The molecule has 2 rings (SSSR count). The molecular weight excluding hydrogens is 354 g/mol. The van der Waals surface area contributed by atoms with Crippen molar-refractivity contribution >= 4 is 0 Å². The predicted molar refractivity (Wildman–Crippen MR) is 115 cm³/mol. The number of aryl methyl sites for hydroxylation is 1. The molecule has 2 unspecified atom stereocenters. The summed E-state index contributed by atoms with van der Waals surface area (Å²) in [6.07, 6.45) is 4.33. The molecule has 0 heterocycles. The van der Waals surface area contributed by atoms with Crippen LogP contribution in [0.4, 0.5) is 8.78 Å². The lowest BCUT2D eigenvalue weighted by molar-refractivity contribution is 0.102. The normalized spacial score (nSPS) is 13.3. The van der Waals surface area contributed by atoms with Gasteiger partial charge in [0, 0.05) is 5.56 Å². The van der Waals surface area contributed by atoms with Gasteiger partial charge in [0.05, 0.1) is 0 Å². The zero-order chi connectivity index (χ0) is 20.2. The molecule has 3 heteroatoms. The highest BCUT2D eigenvalue weighted by molar-refractivity contribution is 5.70. The molecule has 0 aromatic heterocycles. The Morgan fingerprint density at radius 3 is 2.25 bits per heavy atom. The van der Waals surface area contributed by atoms with E-state index in [4.69, 9.17) is 4.74 Å². The van der Waals surface area contributed by atoms with Gasteiger partial charge in [0.1, 0.15) is 18.5 Å². The van der Waals surface area contributed by atoms with Crippen molar-refractivity contribution in [3.8, 4) is 16.9 Å². The molecule has 0 radical (unpaired) electrons. The highest BCUT2D eigenvalue weighted by Crippen LogP contribution is 2.32. The minimum atomic E-state index is -1.59. The van der Waals surface area contributed by atoms with Gasteiger partial charge in [-0.15, -0.1) is 0 Å². The molecule has 28 heavy (non-hydrogen) atoms. The van der Waals surface area contributed by atoms with Crippen molar-refractivity contribution in [2.24, 2.45) is 0 Å². The summed E-state index contributed by atoms with van der Waals surface area (Å²) in [5, 5.41) is 0. The lowest BCUT2D eigenvalue weighted by atomic mass is 10.00. The smallest absolute Gasteiger partial charge is 0.165 e. The maximum absolute atomic E-state index is 14.3. The highest BCUT2D eigenvalue weighted by atomic mass is 19.2. The first-order valence-electron chi connectivity index (χ1n) is 10.7. The summed E-state index contributed by atoms with van der Waals surface area (Å²) < 4.78 is 34.2. The fraction of sp³-hybridized carbons (Fsp3) is 0.520. The minimum Gasteiger partial charge on any atom is -0.490 e. The molecule has 0 aliphatic carbocycles. The van der Waals surface area contributed by atoms with Crippen LogP contribution in [0.5, 0.6) is 5.75 Å². The second kappa shape index (κ2) is 12.5. The molecule has 2 aromatic rings. The summed E-state index contributed by atoms with van der Waals surface area (Å²) in [6, 6.07) is 16.1. The van der Waals surface area contributed by atoms with Gasteiger partial charge in [-0.25, -0.2) is 8.78 Å². The van der Waals surface area contributed by atoms with Crippen LogP contribution >= 0.6 is 0 Å². The summed E-state index contributed by atoms with van der Waals surface area (Å²) in [7, 11) is 0. The second-order valence-electron chi connectivity index (χ2n) is 7.49. The molecular formula is C25H34F2O. The van der Waals surface area contributed by atoms with Crippen molar-refractivity contribution in [3.63, 3.8) is 0 Å². The van der Waals surface area contributed by atoms with Crippen LogP contribution in [0.15, 0.2) is 48.5 Å². The maximum atomic E-state index is 14.3. The number of rotatable bonds is 13. The Labute approximate surface area is 169 Å². The lowest BCUT2D eigenvalue weighted by Gasteiger charge is -2.17. The van der Waals surface area contributed by atoms with Crippen LogP contribution < -0.4 is 4.74 Å². The summed E-state index contributed by atoms with van der Waals surface area (Å²) in [6.45, 7) is 4.00. The predicted octanol–water partition coefficient (Wildman–Crippen LogP) is 7.72. The number of unbranched alkanes of at least 4 members (excludes halogenated alkanes) is 4. The number of alkyl halides is 2. The van der Waals surface area contributed by atoms with E-state index in [0.29, 0.717) is 5.75 Å². The molecule has 154 valence electrons. The van der Waals surface area contributed by atoms with Crippen molar-refractivity contribution in [1.29, 1.82) is 0 Å². The lowest BCUT2D eigenvalue weighted by Crippen LogP contribution is -2.24. The molecule has 2 atom stereocenters. The van der Waals surface area contributed by atoms with Gasteiger partial charge in [-0.1, -0.05) is 88.4 Å². The van der Waals surface area contributed by atoms with Gasteiger partial charge in [-0.05, 0) is 36.5 Å². The molecule has 1 nitrogen and oxygen atoms in total. The number of hydrogen-bond donors (Lipinski definition) is 0. The highest BCUT2D eigenvalue weighted by Gasteiger charge is 2.21. The van der Waals surface area contributed by atoms with Crippen LogP contribution in [0.25, 0.3) is 11.1 Å². The number of halogens is 2. The molecule has 0 aliphatic rings. The van der Waals surface area contributed by atoms with Crippen molar-refractivity contribution in [1.82, 2.24) is 0 Å². The van der Waals surface area contributed by atoms with E-state index in [9.17, 15) is 8.78 Å². The fourth-order valence-electron chi connectivity index (χ4n) is 3.32. The average Bonchev–Trinajstić information content (AvgIpc) is 2.73. The van der Waals surface area contributed by atoms with Crippen molar-refractivity contribution < 1.29 is 13.5 Å². The van der Waals surface area contributed by atoms with Crippen molar-refractivity contribution in [2.45, 2.75) is 77.6 Å². The van der Waals surface area contributed by atoms with E-state index < -0.39 is 12.3 Å². The Bertz CT molecular complexity index is 672. The molecule has 0 bridgehead atoms. The Kier molecular flexibility index (Phi) is 10.0. The topological polar surface area (TPSA) is 9.23 Å². The van der Waals surface area contributed by atoms with Gasteiger partial charge in [-0.3, -0.25) is 0 Å². The molecule has 0 saturated carbocycles. The van der Waals surface area contributed by atoms with Crippen LogP contribution in [0.2, 0.25) is 0 Å². The first-order chi connectivity index (χ1) is 13.7. The first kappa shape index (κ1) is 22.4. The molecule has 0 saturated heterocycles. The van der Waals surface area contributed by atoms with E-state index in [-0.39, 0.29) is 13.0 Å². The van der Waals surface area contributed by atoms with Crippen LogP contribution in [0, 0.1) is 0 Å². The van der Waals surface area contributed by atoms with E-state index in [1.54, 1.807) is 0 Å². The maximum Gasteiger partial charge on any atom is 0.165 e. The molecule has 0 amide bonds. The zero-order valence-electron chi connectivity index (χ0n) is 17.3. The Morgan fingerprint density at radius 2 is 1.54 bits per heavy atom. The summed E-state index contributed by atoms with van der Waals surface area (Å²) >= 11 is 0. The van der Waals surface area contributed by atoms with E-state index in [1.165, 1.54) is 18.4 Å². The second-order valence-corrected chi connectivity index (χ2v) is 7.49. The third-order valence-corrected chi connectivity index (χ3v) is 5.07. The summed E-state index contributed by atoms with van der Waals surface area (Å²) in [5.41, 5.74) is 3.12. The van der Waals surface area contributed by atoms with Crippen LogP contribution in [0.3, 0.4) is 0 Å². The molecule has 0 fully saturated rings. The molecule has 0 aliphatic heterocycles. The number of benzene rings is 2. The SMILES string of the molecule is CCCCCc1ccc(-c2ccccc2)c(OCC(F)C(F)CCCCC)c1. The van der Waals surface area contributed by atoms with Gasteiger partial charge >= 0.3 is 0 Å². The van der Waals surface area contributed by atoms with E-state index in [0.717, 1.165) is 43.2 Å². The first-order valence-corrected chi connectivity index (χ1v) is 10.7. The standard InChI is InChI=1S/C25H34F2O/c1-3-5-8-12-20-16-17-22(21-13-10-7-11-14-21)25(18-20)28-19-24(27)23(26)15-9-6-4-2/h7,10-11,13-14,16-18,23-24H,3-6,8-9,12,15,19H2,1-2H3. The van der Waals surface area contributed by atoms with Crippen molar-refractivity contribution in [2.75, 3.05) is 6.61 Å². The van der Waals surface area contributed by atoms with Crippen LogP contribution in [0.1, 0.15) is 64.4 Å².